The van der Waals surface area contributed by atoms with E-state index >= 15 is 0 Å². The highest BCUT2D eigenvalue weighted by Crippen LogP contribution is 2.31. The lowest BCUT2D eigenvalue weighted by atomic mass is 9.96. The minimum absolute atomic E-state index is 0.256. The van der Waals surface area contributed by atoms with Crippen molar-refractivity contribution in [1.29, 1.82) is 0 Å². The van der Waals surface area contributed by atoms with Crippen molar-refractivity contribution in [3.63, 3.8) is 0 Å². The summed E-state index contributed by atoms with van der Waals surface area (Å²) in [6.45, 7) is 9.14. The Balaban J connectivity index is 1.75. The fourth-order valence-electron chi connectivity index (χ4n) is 4.37. The van der Waals surface area contributed by atoms with Gasteiger partial charge in [-0.2, -0.15) is 3.89 Å². The average molecular weight is 544 g/mol. The maximum Gasteiger partial charge on any atom is 0.141 e. The third-order valence-corrected chi connectivity index (χ3v) is 7.37. The monoisotopic (exact) mass is 543 g/mol. The minimum atomic E-state index is -0.256. The van der Waals surface area contributed by atoms with Crippen LogP contribution < -0.4 is 16.0 Å². The van der Waals surface area contributed by atoms with Crippen molar-refractivity contribution in [2.45, 2.75) is 43.9 Å². The topological polar surface area (TPSA) is 61.9 Å². The summed E-state index contributed by atoms with van der Waals surface area (Å²) in [5.74, 6) is 1.21. The zero-order valence-electron chi connectivity index (χ0n) is 20.1. The number of allylic oxidation sites excluding steroid dienone is 1. The molecule has 0 spiro atoms. The van der Waals surface area contributed by atoms with Crippen LogP contribution in [0.2, 0.25) is 5.02 Å². The molecule has 9 heteroatoms. The molecular formula is C27H31ClFN5S2. The fraction of sp³-hybridized carbons (Fsp3) is 0.333. The number of hydrogen-bond donors (Lipinski definition) is 4. The zero-order valence-corrected chi connectivity index (χ0v) is 22.6. The van der Waals surface area contributed by atoms with Crippen LogP contribution in [0.25, 0.3) is 10.9 Å². The van der Waals surface area contributed by atoms with Gasteiger partial charge in [-0.3, -0.25) is 0 Å². The Labute approximate surface area is 227 Å². The third-order valence-electron chi connectivity index (χ3n) is 6.25. The maximum atomic E-state index is 12.7. The summed E-state index contributed by atoms with van der Waals surface area (Å²) in [5, 5.41) is 11.5. The number of hydrogen-bond acceptors (Lipinski definition) is 7. The molecule has 0 fully saturated rings. The highest BCUT2D eigenvalue weighted by molar-refractivity contribution is 7.94. The molecule has 36 heavy (non-hydrogen) atoms. The van der Waals surface area contributed by atoms with E-state index in [2.05, 4.69) is 63.8 Å². The SMILES string of the molecule is C=C1Cc2ccc(Cl)cc2Nc2ncnc3cc(CCCSF)c(cc23)CCCCNC(=C)[C@H](S)N1. The number of benzene rings is 2. The molecule has 0 radical (unpaired) electrons. The van der Waals surface area contributed by atoms with Crippen LogP contribution in [-0.2, 0) is 19.3 Å². The van der Waals surface area contributed by atoms with Gasteiger partial charge in [-0.1, -0.05) is 30.8 Å². The normalized spacial score (nSPS) is 17.1. The van der Waals surface area contributed by atoms with E-state index in [-0.39, 0.29) is 5.37 Å². The van der Waals surface area contributed by atoms with Gasteiger partial charge in [0.25, 0.3) is 0 Å². The highest BCUT2D eigenvalue weighted by Gasteiger charge is 2.15. The molecule has 0 amide bonds. The van der Waals surface area contributed by atoms with Crippen molar-refractivity contribution in [2.24, 2.45) is 0 Å². The minimum Gasteiger partial charge on any atom is -0.386 e. The quantitative estimate of drug-likeness (QED) is 0.212. The Morgan fingerprint density at radius 3 is 2.83 bits per heavy atom. The Morgan fingerprint density at radius 1 is 1.14 bits per heavy atom. The summed E-state index contributed by atoms with van der Waals surface area (Å²) >= 11 is 11.4. The molecule has 3 aromatic rings. The number of thiol groups is 1. The molecule has 2 aromatic carbocycles. The van der Waals surface area contributed by atoms with Crippen LogP contribution in [0, 0.1) is 0 Å². The van der Waals surface area contributed by atoms with E-state index in [4.69, 9.17) is 11.6 Å². The lowest BCUT2D eigenvalue weighted by Crippen LogP contribution is -2.32. The van der Waals surface area contributed by atoms with Gasteiger partial charge in [-0.25, -0.2) is 9.97 Å². The lowest BCUT2D eigenvalue weighted by Gasteiger charge is -2.21. The first-order valence-corrected chi connectivity index (χ1v) is 13.8. The van der Waals surface area contributed by atoms with E-state index in [1.807, 2.05) is 18.2 Å². The number of nitrogens with zero attached hydrogens (tertiary/aromatic N) is 2. The Hall–Kier alpha value is -2.42. The molecule has 3 N–H and O–H groups in total. The van der Waals surface area contributed by atoms with Gasteiger partial charge in [0.15, 0.2) is 0 Å². The van der Waals surface area contributed by atoms with Gasteiger partial charge in [0, 0.05) is 58.4 Å². The molecule has 0 aliphatic carbocycles. The number of aryl methyl sites for hydroxylation is 2. The zero-order chi connectivity index (χ0) is 25.5. The molecule has 5 nitrogen and oxygen atoms in total. The smallest absolute Gasteiger partial charge is 0.141 e. The molecule has 2 heterocycles. The second kappa shape index (κ2) is 12.7. The molecule has 2 bridgehead atoms. The summed E-state index contributed by atoms with van der Waals surface area (Å²) in [7, 11) is 0. The number of nitrogens with one attached hydrogen (secondary N) is 3. The summed E-state index contributed by atoms with van der Waals surface area (Å²) in [6, 6.07) is 10.1. The van der Waals surface area contributed by atoms with Crippen LogP contribution >= 0.6 is 36.4 Å². The fourth-order valence-corrected chi connectivity index (χ4v) is 5.07. The van der Waals surface area contributed by atoms with Gasteiger partial charge in [-0.15, -0.1) is 12.6 Å². The Kier molecular flexibility index (Phi) is 9.40. The summed E-state index contributed by atoms with van der Waals surface area (Å²) < 4.78 is 12.7. The van der Waals surface area contributed by atoms with Gasteiger partial charge in [0.05, 0.1) is 5.52 Å². The first-order valence-electron chi connectivity index (χ1n) is 12.0. The summed E-state index contributed by atoms with van der Waals surface area (Å²) in [6.07, 6.45) is 6.65. The van der Waals surface area contributed by atoms with Crippen LogP contribution in [0.3, 0.4) is 0 Å². The van der Waals surface area contributed by atoms with Crippen molar-refractivity contribution in [3.8, 4) is 0 Å². The number of rotatable bonds is 4. The molecule has 1 aromatic heterocycles. The van der Waals surface area contributed by atoms with Crippen LogP contribution in [0.4, 0.5) is 15.4 Å². The predicted octanol–water partition coefficient (Wildman–Crippen LogP) is 6.92. The molecule has 4 rings (SSSR count). The first kappa shape index (κ1) is 26.6. The molecule has 0 unspecified atom stereocenters. The molecule has 1 atom stereocenters. The van der Waals surface area contributed by atoms with Gasteiger partial charge in [-0.05, 0) is 73.1 Å². The van der Waals surface area contributed by atoms with Crippen molar-refractivity contribution in [1.82, 2.24) is 20.6 Å². The van der Waals surface area contributed by atoms with E-state index in [0.29, 0.717) is 29.3 Å². The van der Waals surface area contributed by atoms with Crippen LogP contribution in [0.5, 0.6) is 0 Å². The third kappa shape index (κ3) is 6.87. The van der Waals surface area contributed by atoms with E-state index in [0.717, 1.165) is 78.0 Å². The molecule has 190 valence electrons. The highest BCUT2D eigenvalue weighted by atomic mass is 35.5. The predicted molar refractivity (Wildman–Crippen MR) is 155 cm³/mol. The van der Waals surface area contributed by atoms with Crippen LogP contribution in [0.1, 0.15) is 36.0 Å². The van der Waals surface area contributed by atoms with Crippen LogP contribution in [0.15, 0.2) is 61.2 Å². The molecule has 0 saturated heterocycles. The molecule has 1 aliphatic rings. The van der Waals surface area contributed by atoms with E-state index in [1.165, 1.54) is 11.1 Å². The van der Waals surface area contributed by atoms with Crippen LogP contribution in [-0.4, -0.2) is 27.6 Å². The van der Waals surface area contributed by atoms with Gasteiger partial charge < -0.3 is 16.0 Å². The lowest BCUT2D eigenvalue weighted by molar-refractivity contribution is 0.647. The molecule has 1 aliphatic heterocycles. The van der Waals surface area contributed by atoms with Crippen molar-refractivity contribution in [3.05, 3.63) is 82.9 Å². The number of anilines is 2. The average Bonchev–Trinajstić information content (AvgIpc) is 2.85. The van der Waals surface area contributed by atoms with E-state index in [9.17, 15) is 3.89 Å². The van der Waals surface area contributed by atoms with E-state index < -0.39 is 0 Å². The number of halogens is 2. The van der Waals surface area contributed by atoms with Crippen molar-refractivity contribution >= 4 is 58.8 Å². The number of aromatic nitrogens is 2. The summed E-state index contributed by atoms with van der Waals surface area (Å²) in [4.78, 5) is 9.11. The molecule has 0 saturated carbocycles. The molecular weight excluding hydrogens is 513 g/mol. The van der Waals surface area contributed by atoms with E-state index in [1.54, 1.807) is 6.33 Å². The summed E-state index contributed by atoms with van der Waals surface area (Å²) in [5.41, 5.74) is 6.84. The van der Waals surface area contributed by atoms with Crippen molar-refractivity contribution in [2.75, 3.05) is 17.6 Å². The van der Waals surface area contributed by atoms with Gasteiger partial charge in [0.1, 0.15) is 17.5 Å². The second-order valence-corrected chi connectivity index (χ2v) is 10.5. The Morgan fingerprint density at radius 2 is 2.00 bits per heavy atom. The first-order chi connectivity index (χ1) is 17.4. The van der Waals surface area contributed by atoms with Crippen molar-refractivity contribution < 1.29 is 3.89 Å². The number of fused-ring (bicyclic) bond motifs is 2. The Bertz CT molecular complexity index is 1250. The van der Waals surface area contributed by atoms with Gasteiger partial charge >= 0.3 is 0 Å². The van der Waals surface area contributed by atoms with Gasteiger partial charge in [0.2, 0.25) is 0 Å². The maximum absolute atomic E-state index is 12.7. The largest absolute Gasteiger partial charge is 0.386 e. The standard InChI is InChI=1S/C27H31ClFN5S2/c1-17-12-21-8-9-22(28)15-24(21)34-26-23-13-19(6-3-4-10-30-18(2)27(35)33-17)20(7-5-11-36-29)14-25(23)31-16-32-26/h8-9,13-16,27,30,33,35H,1-7,10-12H2,(H,31,32,34)/t27-/m0/s1. The second-order valence-electron chi connectivity index (χ2n) is 8.94.